The Bertz CT molecular complexity index is 350. The molecule has 6 heteroatoms. The summed E-state index contributed by atoms with van der Waals surface area (Å²) in [5.41, 5.74) is 0.604. The highest BCUT2D eigenvalue weighted by Gasteiger charge is 2.50. The van der Waals surface area contributed by atoms with Crippen LogP contribution in [0.25, 0.3) is 0 Å². The van der Waals surface area contributed by atoms with Crippen LogP contribution in [0.15, 0.2) is 0 Å². The van der Waals surface area contributed by atoms with Crippen molar-refractivity contribution in [2.45, 2.75) is 83.5 Å². The van der Waals surface area contributed by atoms with E-state index in [0.29, 0.717) is 25.2 Å². The molecule has 1 aliphatic rings. The van der Waals surface area contributed by atoms with Crippen LogP contribution in [0.3, 0.4) is 0 Å². The maximum absolute atomic E-state index is 12.9. The second-order valence-corrected chi connectivity index (χ2v) is 13.3. The fourth-order valence-electron chi connectivity index (χ4n) is 3.05. The van der Waals surface area contributed by atoms with E-state index in [0.717, 1.165) is 0 Å². The molecule has 0 aliphatic heterocycles. The van der Waals surface area contributed by atoms with Gasteiger partial charge in [-0.25, -0.2) is 0 Å². The average Bonchev–Trinajstić information content (AvgIpc) is 3.00. The van der Waals surface area contributed by atoms with Gasteiger partial charge in [-0.3, -0.25) is 4.79 Å². The fraction of sp³-hybridized carbons (Fsp3) is 0.938. The minimum Gasteiger partial charge on any atom is -0.519 e. The third-order valence-electron chi connectivity index (χ3n) is 4.85. The quantitative estimate of drug-likeness (QED) is 0.581. The van der Waals surface area contributed by atoms with Gasteiger partial charge in [0.25, 0.3) is 14.3 Å². The van der Waals surface area contributed by atoms with Crippen molar-refractivity contribution in [3.63, 3.8) is 0 Å². The lowest BCUT2D eigenvalue weighted by Gasteiger charge is -2.36. The van der Waals surface area contributed by atoms with Gasteiger partial charge in [0, 0.05) is 13.2 Å². The zero-order valence-electron chi connectivity index (χ0n) is 15.2. The van der Waals surface area contributed by atoms with E-state index in [1.807, 2.05) is 27.7 Å². The Morgan fingerprint density at radius 3 is 2.05 bits per heavy atom. The van der Waals surface area contributed by atoms with Gasteiger partial charge in [-0.15, -0.1) is 0 Å². The van der Waals surface area contributed by atoms with Gasteiger partial charge in [-0.05, 0) is 58.7 Å². The van der Waals surface area contributed by atoms with Crippen LogP contribution in [0.5, 0.6) is 0 Å². The highest BCUT2D eigenvalue weighted by atomic mass is 28.4. The molecule has 1 saturated carbocycles. The van der Waals surface area contributed by atoms with E-state index in [1.165, 1.54) is 25.7 Å². The smallest absolute Gasteiger partial charge is 0.402 e. The molecule has 1 radical (unpaired) electrons. The molecule has 1 rings (SSSR count). The second kappa shape index (κ2) is 8.61. The van der Waals surface area contributed by atoms with Gasteiger partial charge in [0.1, 0.15) is 5.04 Å². The standard InChI is InChI=1S/C16H33O4Si2/c1-7-16(4,21(18-8-2)19-9-3)15(17)20-22(5,6)14-12-10-11-13-14/h14H,7-13H2,1-6H3. The molecule has 4 nitrogen and oxygen atoms in total. The summed E-state index contributed by atoms with van der Waals surface area (Å²) in [6.45, 7) is 13.4. The van der Waals surface area contributed by atoms with E-state index < -0.39 is 22.6 Å². The molecule has 0 N–H and O–H groups in total. The maximum atomic E-state index is 12.9. The summed E-state index contributed by atoms with van der Waals surface area (Å²) >= 11 is 0. The summed E-state index contributed by atoms with van der Waals surface area (Å²) in [7, 11) is -3.68. The topological polar surface area (TPSA) is 44.8 Å². The number of rotatable bonds is 9. The summed E-state index contributed by atoms with van der Waals surface area (Å²) < 4.78 is 17.7. The highest BCUT2D eigenvalue weighted by Crippen LogP contribution is 2.42. The Labute approximate surface area is 138 Å². The molecule has 22 heavy (non-hydrogen) atoms. The van der Waals surface area contributed by atoms with E-state index in [9.17, 15) is 4.79 Å². The minimum atomic E-state index is -2.00. The van der Waals surface area contributed by atoms with Crippen molar-refractivity contribution in [2.75, 3.05) is 13.2 Å². The number of carbonyl (C=O) groups is 1. The largest absolute Gasteiger partial charge is 0.519 e. The van der Waals surface area contributed by atoms with Crippen LogP contribution in [-0.4, -0.2) is 36.8 Å². The molecule has 1 unspecified atom stereocenters. The molecule has 0 heterocycles. The SMILES string of the molecule is CCO[Si](OCC)C(C)(CC)C(=O)O[Si](C)(C)C1CCCC1. The lowest BCUT2D eigenvalue weighted by Crippen LogP contribution is -2.47. The Balaban J connectivity index is 2.84. The number of hydrogen-bond acceptors (Lipinski definition) is 4. The van der Waals surface area contributed by atoms with Crippen LogP contribution in [0, 0.1) is 0 Å². The van der Waals surface area contributed by atoms with Crippen LogP contribution >= 0.6 is 0 Å². The van der Waals surface area contributed by atoms with E-state index in [-0.39, 0.29) is 5.97 Å². The van der Waals surface area contributed by atoms with Crippen molar-refractivity contribution in [2.24, 2.45) is 0 Å². The van der Waals surface area contributed by atoms with E-state index in [4.69, 9.17) is 13.3 Å². The zero-order chi connectivity index (χ0) is 16.8. The van der Waals surface area contributed by atoms with Crippen LogP contribution < -0.4 is 0 Å². The van der Waals surface area contributed by atoms with Crippen LogP contribution in [0.4, 0.5) is 0 Å². The van der Waals surface area contributed by atoms with E-state index in [2.05, 4.69) is 13.1 Å². The third kappa shape index (κ3) is 4.66. The van der Waals surface area contributed by atoms with Gasteiger partial charge < -0.3 is 13.3 Å². The first-order valence-electron chi connectivity index (χ1n) is 8.68. The maximum Gasteiger partial charge on any atom is 0.402 e. The first-order chi connectivity index (χ1) is 10.3. The van der Waals surface area contributed by atoms with Gasteiger partial charge in [-0.2, -0.15) is 0 Å². The molecule has 0 amide bonds. The van der Waals surface area contributed by atoms with E-state index in [1.54, 1.807) is 0 Å². The van der Waals surface area contributed by atoms with Crippen molar-refractivity contribution in [3.05, 3.63) is 0 Å². The molecular weight excluding hydrogens is 312 g/mol. The Kier molecular flexibility index (Phi) is 7.78. The molecule has 0 saturated heterocycles. The van der Waals surface area contributed by atoms with Crippen molar-refractivity contribution in [3.8, 4) is 0 Å². The molecule has 1 fully saturated rings. The summed E-state index contributed by atoms with van der Waals surface area (Å²) in [6, 6.07) is 0. The van der Waals surface area contributed by atoms with Gasteiger partial charge >= 0.3 is 9.28 Å². The minimum absolute atomic E-state index is 0.102. The van der Waals surface area contributed by atoms with Gasteiger partial charge in [-0.1, -0.05) is 19.8 Å². The van der Waals surface area contributed by atoms with Gasteiger partial charge in [0.05, 0.1) is 0 Å². The molecule has 0 aromatic rings. The molecule has 0 aromatic carbocycles. The van der Waals surface area contributed by atoms with Crippen molar-refractivity contribution in [1.29, 1.82) is 0 Å². The van der Waals surface area contributed by atoms with Crippen molar-refractivity contribution >= 4 is 23.6 Å². The molecule has 1 atom stereocenters. The Morgan fingerprint density at radius 2 is 1.64 bits per heavy atom. The second-order valence-electron chi connectivity index (χ2n) is 6.81. The lowest BCUT2D eigenvalue weighted by atomic mass is 10.1. The molecule has 0 aromatic heterocycles. The number of carbonyl (C=O) groups excluding carboxylic acids is 1. The van der Waals surface area contributed by atoms with Crippen LogP contribution in [0.2, 0.25) is 23.7 Å². The number of hydrogen-bond donors (Lipinski definition) is 0. The summed E-state index contributed by atoms with van der Waals surface area (Å²) in [5.74, 6) is -0.102. The first-order valence-corrected chi connectivity index (χ1v) is 13.0. The van der Waals surface area contributed by atoms with Crippen molar-refractivity contribution < 1.29 is 18.1 Å². The van der Waals surface area contributed by atoms with Gasteiger partial charge in [0.15, 0.2) is 0 Å². The normalized spacial score (nSPS) is 19.4. The van der Waals surface area contributed by atoms with Crippen LogP contribution in [-0.2, 0) is 18.1 Å². The average molecular weight is 346 g/mol. The van der Waals surface area contributed by atoms with Gasteiger partial charge in [0.2, 0.25) is 0 Å². The molecular formula is C16H33O4Si2. The summed E-state index contributed by atoms with van der Waals surface area (Å²) in [5, 5.41) is -0.639. The molecule has 0 spiro atoms. The van der Waals surface area contributed by atoms with E-state index >= 15 is 0 Å². The summed E-state index contributed by atoms with van der Waals surface area (Å²) in [4.78, 5) is 12.9. The molecule has 129 valence electrons. The highest BCUT2D eigenvalue weighted by molar-refractivity contribution is 6.74. The predicted molar refractivity (Wildman–Crippen MR) is 93.5 cm³/mol. The van der Waals surface area contributed by atoms with Crippen LogP contribution in [0.1, 0.15) is 59.8 Å². The lowest BCUT2D eigenvalue weighted by molar-refractivity contribution is -0.139. The predicted octanol–water partition coefficient (Wildman–Crippen LogP) is 4.41. The summed E-state index contributed by atoms with van der Waals surface area (Å²) in [6.07, 6.45) is 5.66. The van der Waals surface area contributed by atoms with Crippen molar-refractivity contribution in [1.82, 2.24) is 0 Å². The molecule has 1 aliphatic carbocycles. The third-order valence-corrected chi connectivity index (χ3v) is 10.7. The zero-order valence-corrected chi connectivity index (χ0v) is 17.2. The first kappa shape index (κ1) is 19.9. The Hall–Kier alpha value is -0.176. The molecule has 0 bridgehead atoms. The monoisotopic (exact) mass is 345 g/mol. The fourth-order valence-corrected chi connectivity index (χ4v) is 7.57. The Morgan fingerprint density at radius 1 is 1.14 bits per heavy atom.